The number of cyclic esters (lactones) is 1. The lowest BCUT2D eigenvalue weighted by atomic mass is 9.85. The fourth-order valence-electron chi connectivity index (χ4n) is 8.66. The number of anilines is 1. The van der Waals surface area contributed by atoms with Crippen LogP contribution in [-0.4, -0.2) is 92.9 Å². The number of phenolic OH excluding ortho intramolecular Hbond substituents is 3. The SMILES string of the molecule is CCc1c2c(nc3ccc(O)cc13)-c1cc3c(c(=O)n1C2)COC(=O)[C@@]3(CC)OC(=O)N1CCN(c2ccc(-n3c(O)nnc3-c3cc(C(C)C)c(O)cc3O)cn2)CC1. The average molecular weight is 815 g/mol. The zero-order valence-electron chi connectivity index (χ0n) is 33.3. The van der Waals surface area contributed by atoms with Gasteiger partial charge in [-0.15, -0.1) is 5.10 Å². The summed E-state index contributed by atoms with van der Waals surface area (Å²) < 4.78 is 14.7. The average Bonchev–Trinajstić information content (AvgIpc) is 3.81. The first-order valence-electron chi connectivity index (χ1n) is 19.8. The third-order valence-corrected chi connectivity index (χ3v) is 11.9. The van der Waals surface area contributed by atoms with E-state index >= 15 is 0 Å². The molecule has 2 aromatic carbocycles. The minimum Gasteiger partial charge on any atom is -0.508 e. The quantitative estimate of drug-likeness (QED) is 0.152. The normalized spacial score (nSPS) is 17.1. The number of ether oxygens (including phenoxy) is 2. The van der Waals surface area contributed by atoms with Crippen molar-refractivity contribution < 1.29 is 39.5 Å². The summed E-state index contributed by atoms with van der Waals surface area (Å²) in [5.74, 6) is -0.218. The number of pyridine rings is 3. The highest BCUT2D eigenvalue weighted by Gasteiger charge is 2.51. The molecule has 7 heterocycles. The van der Waals surface area contributed by atoms with Crippen molar-refractivity contribution >= 4 is 28.8 Å². The van der Waals surface area contributed by atoms with Gasteiger partial charge in [0.15, 0.2) is 5.82 Å². The maximum Gasteiger partial charge on any atom is 0.411 e. The predicted molar refractivity (Wildman–Crippen MR) is 217 cm³/mol. The molecule has 1 saturated heterocycles. The molecular weight excluding hydrogens is 773 g/mol. The molecule has 17 heteroatoms. The first kappa shape index (κ1) is 38.4. The van der Waals surface area contributed by atoms with Crippen molar-refractivity contribution in [2.75, 3.05) is 31.1 Å². The second kappa shape index (κ2) is 14.3. The van der Waals surface area contributed by atoms with Crippen molar-refractivity contribution in [3.05, 3.63) is 92.9 Å². The van der Waals surface area contributed by atoms with Gasteiger partial charge >= 0.3 is 18.1 Å². The Balaban J connectivity index is 0.944. The van der Waals surface area contributed by atoms with Gasteiger partial charge in [-0.05, 0) is 72.4 Å². The summed E-state index contributed by atoms with van der Waals surface area (Å²) in [7, 11) is 0. The topological polar surface area (TPSA) is 218 Å². The van der Waals surface area contributed by atoms with Crippen LogP contribution in [0.1, 0.15) is 67.9 Å². The Bertz CT molecular complexity index is 2810. The van der Waals surface area contributed by atoms with Gasteiger partial charge in [0.05, 0.1) is 46.5 Å². The molecule has 308 valence electrons. The van der Waals surface area contributed by atoms with Gasteiger partial charge in [-0.3, -0.25) is 4.79 Å². The van der Waals surface area contributed by atoms with E-state index in [4.69, 9.17) is 14.5 Å². The van der Waals surface area contributed by atoms with E-state index in [2.05, 4.69) is 15.2 Å². The number of fused-ring (bicyclic) bond motifs is 5. The van der Waals surface area contributed by atoms with Gasteiger partial charge in [0.2, 0.25) is 5.60 Å². The van der Waals surface area contributed by atoms with Crippen LogP contribution in [-0.2, 0) is 39.4 Å². The minimum absolute atomic E-state index is 0.0240. The van der Waals surface area contributed by atoms with Crippen molar-refractivity contribution in [1.29, 1.82) is 0 Å². The van der Waals surface area contributed by atoms with E-state index in [0.717, 1.165) is 16.5 Å². The second-order valence-corrected chi connectivity index (χ2v) is 15.5. The minimum atomic E-state index is -1.87. The molecule has 0 saturated carbocycles. The number of esters is 1. The molecule has 1 fully saturated rings. The van der Waals surface area contributed by atoms with Crippen LogP contribution in [0, 0.1) is 0 Å². The number of hydrogen-bond donors (Lipinski definition) is 4. The van der Waals surface area contributed by atoms with Crippen LogP contribution >= 0.6 is 0 Å². The summed E-state index contributed by atoms with van der Waals surface area (Å²) in [5, 5.41) is 50.6. The number of amides is 1. The highest BCUT2D eigenvalue weighted by molar-refractivity contribution is 5.90. The molecule has 4 aromatic heterocycles. The van der Waals surface area contributed by atoms with Crippen LogP contribution in [0.4, 0.5) is 10.6 Å². The second-order valence-electron chi connectivity index (χ2n) is 15.5. The van der Waals surface area contributed by atoms with Crippen LogP contribution < -0.4 is 10.5 Å². The number of aromatic nitrogens is 6. The zero-order chi connectivity index (χ0) is 42.2. The largest absolute Gasteiger partial charge is 0.508 e. The summed E-state index contributed by atoms with van der Waals surface area (Å²) in [6.07, 6.45) is 1.47. The Kier molecular flexibility index (Phi) is 9.13. The van der Waals surface area contributed by atoms with Crippen LogP contribution in [0.15, 0.2) is 59.5 Å². The standard InChI is InChI=1S/C43H42N8O9/c1-5-25-27-15-24(52)8-9-32(27)45-37-29(25)20-50-33(37)17-31-30(39(50)55)21-59-40(56)43(31,6-2)60-42(58)49-13-11-48(12-14-49)36-10-7-23(19-44-36)51-38(46-47-41(51)57)28-16-26(22(3)4)34(53)18-35(28)54/h7-10,15-19,22,52-54H,5-6,11-14,20-21H2,1-4H3,(H,47,57)/t43-/m0/s1. The van der Waals surface area contributed by atoms with Crippen LogP contribution in [0.2, 0.25) is 0 Å². The molecular formula is C43H42N8O9. The van der Waals surface area contributed by atoms with E-state index in [1.165, 1.54) is 21.7 Å². The highest BCUT2D eigenvalue weighted by Crippen LogP contribution is 2.43. The van der Waals surface area contributed by atoms with Gasteiger partial charge in [-0.25, -0.2) is 24.1 Å². The van der Waals surface area contributed by atoms with Crippen molar-refractivity contribution in [2.45, 2.75) is 65.2 Å². The lowest BCUT2D eigenvalue weighted by Gasteiger charge is -2.39. The number of carbonyl (C=O) groups is 2. The van der Waals surface area contributed by atoms with Crippen molar-refractivity contribution in [3.8, 4) is 51.7 Å². The van der Waals surface area contributed by atoms with E-state index in [0.29, 0.717) is 53.5 Å². The van der Waals surface area contributed by atoms with Gasteiger partial charge in [0.1, 0.15) is 29.7 Å². The third kappa shape index (κ3) is 5.93. The third-order valence-electron chi connectivity index (χ3n) is 11.9. The molecule has 60 heavy (non-hydrogen) atoms. The van der Waals surface area contributed by atoms with Crippen molar-refractivity contribution in [2.24, 2.45) is 0 Å². The molecule has 0 bridgehead atoms. The molecule has 9 rings (SSSR count). The Morgan fingerprint density at radius 2 is 1.72 bits per heavy atom. The summed E-state index contributed by atoms with van der Waals surface area (Å²) >= 11 is 0. The van der Waals surface area contributed by atoms with E-state index < -0.39 is 23.7 Å². The first-order valence-corrected chi connectivity index (χ1v) is 19.8. The first-order chi connectivity index (χ1) is 28.8. The molecule has 6 aromatic rings. The smallest absolute Gasteiger partial charge is 0.411 e. The summed E-state index contributed by atoms with van der Waals surface area (Å²) in [4.78, 5) is 54.8. The number of rotatable bonds is 7. The van der Waals surface area contributed by atoms with E-state index in [9.17, 15) is 34.8 Å². The lowest BCUT2D eigenvalue weighted by molar-refractivity contribution is -0.173. The number of benzene rings is 2. The molecule has 3 aliphatic rings. The monoisotopic (exact) mass is 814 g/mol. The molecule has 3 aliphatic heterocycles. The summed E-state index contributed by atoms with van der Waals surface area (Å²) in [6, 6.07) is 12.6. The van der Waals surface area contributed by atoms with Gasteiger partial charge in [0.25, 0.3) is 5.56 Å². The van der Waals surface area contributed by atoms with E-state index in [-0.39, 0.29) is 83.9 Å². The number of piperazine rings is 1. The van der Waals surface area contributed by atoms with Crippen LogP contribution in [0.3, 0.4) is 0 Å². The van der Waals surface area contributed by atoms with Gasteiger partial charge in [-0.2, -0.15) is 0 Å². The van der Waals surface area contributed by atoms with Crippen molar-refractivity contribution in [1.82, 2.24) is 34.2 Å². The number of aryl methyl sites for hydroxylation is 1. The van der Waals surface area contributed by atoms with Crippen LogP contribution in [0.25, 0.3) is 39.4 Å². The summed E-state index contributed by atoms with van der Waals surface area (Å²) in [6.45, 7) is 8.78. The molecule has 1 amide bonds. The number of aromatic hydroxyl groups is 4. The van der Waals surface area contributed by atoms with Gasteiger partial charge in [-0.1, -0.05) is 32.8 Å². The fourth-order valence-corrected chi connectivity index (χ4v) is 8.66. The predicted octanol–water partition coefficient (Wildman–Crippen LogP) is 5.20. The maximum absolute atomic E-state index is 14.1. The highest BCUT2D eigenvalue weighted by atomic mass is 16.6. The van der Waals surface area contributed by atoms with E-state index in [1.807, 2.05) is 25.7 Å². The Hall–Kier alpha value is -7.17. The number of hydrogen-bond acceptors (Lipinski definition) is 14. The lowest BCUT2D eigenvalue weighted by Crippen LogP contribution is -2.53. The Morgan fingerprint density at radius 3 is 2.42 bits per heavy atom. The molecule has 17 nitrogen and oxygen atoms in total. The fraction of sp³-hybridized carbons (Fsp3) is 0.326. The van der Waals surface area contributed by atoms with Gasteiger partial charge in [0, 0.05) is 48.8 Å². The molecule has 4 N–H and O–H groups in total. The van der Waals surface area contributed by atoms with E-state index in [1.54, 1.807) is 54.0 Å². The molecule has 1 atom stereocenters. The number of phenols is 3. The van der Waals surface area contributed by atoms with Crippen molar-refractivity contribution in [3.63, 3.8) is 0 Å². The molecule has 0 aliphatic carbocycles. The molecule has 0 radical (unpaired) electrons. The Labute approximate surface area is 342 Å². The Morgan fingerprint density at radius 1 is 0.933 bits per heavy atom. The van der Waals surface area contributed by atoms with Gasteiger partial charge < -0.3 is 44.3 Å². The number of nitrogens with zero attached hydrogens (tertiary/aromatic N) is 8. The summed E-state index contributed by atoms with van der Waals surface area (Å²) in [5.41, 5.74) is 3.21. The maximum atomic E-state index is 14.1. The number of carbonyl (C=O) groups excluding carboxylic acids is 2. The molecule has 0 spiro atoms. The van der Waals surface area contributed by atoms with Crippen LogP contribution in [0.5, 0.6) is 23.3 Å². The molecule has 0 unspecified atom stereocenters. The zero-order valence-corrected chi connectivity index (χ0v) is 33.3.